The number of rotatable bonds is 6. The Morgan fingerprint density at radius 3 is 2.57 bits per heavy atom. The van der Waals surface area contributed by atoms with Crippen molar-refractivity contribution in [1.29, 1.82) is 0 Å². The van der Waals surface area contributed by atoms with Crippen molar-refractivity contribution in [2.75, 3.05) is 48.4 Å². The fourth-order valence-corrected chi connectivity index (χ4v) is 3.28. The Bertz CT molecular complexity index is 846. The lowest BCUT2D eigenvalue weighted by atomic mass is 10.2. The van der Waals surface area contributed by atoms with Crippen LogP contribution in [-0.2, 0) is 19.1 Å². The molecule has 0 spiro atoms. The first kappa shape index (κ1) is 19.8. The molecule has 1 fully saturated rings. The summed E-state index contributed by atoms with van der Waals surface area (Å²) >= 11 is 1.10. The van der Waals surface area contributed by atoms with Gasteiger partial charge >= 0.3 is 5.97 Å². The molecule has 0 aliphatic carbocycles. The number of nitrogens with zero attached hydrogens (tertiary/aromatic N) is 2. The number of carbonyl (C=O) groups is 3. The van der Waals surface area contributed by atoms with Gasteiger partial charge in [0.1, 0.15) is 0 Å². The standard InChI is InChI=1S/C18H20N4O5S/c1-12(23)19-18-21-15(11-28-18)17(25)27-10-16(24)20-13-2-4-14(5-3-13)22-6-8-26-9-7-22/h2-5,11H,6-10H2,1H3,(H,20,24)(H,19,21,23). The highest BCUT2D eigenvalue weighted by Crippen LogP contribution is 2.19. The summed E-state index contributed by atoms with van der Waals surface area (Å²) in [6, 6.07) is 7.44. The molecule has 0 saturated carbocycles. The predicted octanol–water partition coefficient (Wildman–Crippen LogP) is 1.73. The largest absolute Gasteiger partial charge is 0.451 e. The molecule has 28 heavy (non-hydrogen) atoms. The Kier molecular flexibility index (Phi) is 6.56. The molecule has 1 aliphatic rings. The van der Waals surface area contributed by atoms with E-state index >= 15 is 0 Å². The zero-order chi connectivity index (χ0) is 19.9. The Balaban J connectivity index is 1.46. The van der Waals surface area contributed by atoms with E-state index in [-0.39, 0.29) is 11.6 Å². The highest BCUT2D eigenvalue weighted by molar-refractivity contribution is 7.14. The molecular weight excluding hydrogens is 384 g/mol. The van der Waals surface area contributed by atoms with Crippen LogP contribution in [0.1, 0.15) is 17.4 Å². The minimum atomic E-state index is -0.731. The SMILES string of the molecule is CC(=O)Nc1nc(C(=O)OCC(=O)Nc2ccc(N3CCOCC3)cc2)cs1. The Labute approximate surface area is 165 Å². The van der Waals surface area contributed by atoms with E-state index in [0.29, 0.717) is 24.0 Å². The highest BCUT2D eigenvalue weighted by Gasteiger charge is 2.15. The number of anilines is 3. The molecule has 3 rings (SSSR count). The highest BCUT2D eigenvalue weighted by atomic mass is 32.1. The number of ether oxygens (including phenoxy) is 2. The number of thiazole rings is 1. The Morgan fingerprint density at radius 2 is 1.89 bits per heavy atom. The number of morpholine rings is 1. The molecule has 2 heterocycles. The van der Waals surface area contributed by atoms with Gasteiger partial charge in [-0.2, -0.15) is 0 Å². The molecule has 9 nitrogen and oxygen atoms in total. The normalized spacial score (nSPS) is 13.7. The maximum Gasteiger partial charge on any atom is 0.358 e. The summed E-state index contributed by atoms with van der Waals surface area (Å²) in [5.41, 5.74) is 1.71. The first-order chi connectivity index (χ1) is 13.5. The van der Waals surface area contributed by atoms with Crippen molar-refractivity contribution in [2.45, 2.75) is 6.92 Å². The van der Waals surface area contributed by atoms with Gasteiger partial charge in [-0.25, -0.2) is 9.78 Å². The van der Waals surface area contributed by atoms with Gasteiger partial charge in [-0.05, 0) is 24.3 Å². The molecule has 2 N–H and O–H groups in total. The number of hydrogen-bond donors (Lipinski definition) is 2. The van der Waals surface area contributed by atoms with Crippen LogP contribution in [0.5, 0.6) is 0 Å². The van der Waals surface area contributed by atoms with Gasteiger partial charge in [-0.15, -0.1) is 11.3 Å². The Morgan fingerprint density at radius 1 is 1.18 bits per heavy atom. The number of benzene rings is 1. The minimum absolute atomic E-state index is 0.0383. The number of aromatic nitrogens is 1. The van der Waals surface area contributed by atoms with Gasteiger partial charge in [0.05, 0.1) is 13.2 Å². The quantitative estimate of drug-likeness (QED) is 0.706. The summed E-state index contributed by atoms with van der Waals surface area (Å²) in [4.78, 5) is 41.0. The number of amides is 2. The van der Waals surface area contributed by atoms with Crippen molar-refractivity contribution in [3.8, 4) is 0 Å². The van der Waals surface area contributed by atoms with Gasteiger partial charge in [0, 0.05) is 36.8 Å². The van der Waals surface area contributed by atoms with Gasteiger partial charge in [-0.3, -0.25) is 9.59 Å². The number of nitrogens with one attached hydrogen (secondary N) is 2. The van der Waals surface area contributed by atoms with E-state index in [0.717, 1.165) is 30.1 Å². The van der Waals surface area contributed by atoms with Crippen LogP contribution < -0.4 is 15.5 Å². The van der Waals surface area contributed by atoms with Crippen LogP contribution in [0.15, 0.2) is 29.6 Å². The van der Waals surface area contributed by atoms with E-state index in [9.17, 15) is 14.4 Å². The van der Waals surface area contributed by atoms with Crippen molar-refractivity contribution >= 4 is 45.6 Å². The number of hydrogen-bond acceptors (Lipinski definition) is 8. The zero-order valence-electron chi connectivity index (χ0n) is 15.3. The summed E-state index contributed by atoms with van der Waals surface area (Å²) in [6.45, 7) is 3.99. The molecular formula is C18H20N4O5S. The van der Waals surface area contributed by atoms with Crippen molar-refractivity contribution < 1.29 is 23.9 Å². The lowest BCUT2D eigenvalue weighted by Gasteiger charge is -2.28. The van der Waals surface area contributed by atoms with Gasteiger partial charge in [0.25, 0.3) is 5.91 Å². The molecule has 1 aromatic heterocycles. The first-order valence-corrected chi connectivity index (χ1v) is 9.52. The molecule has 0 atom stereocenters. The number of carbonyl (C=O) groups excluding carboxylic acids is 3. The molecule has 0 radical (unpaired) electrons. The second-order valence-corrected chi connectivity index (χ2v) is 6.85. The van der Waals surface area contributed by atoms with E-state index in [1.165, 1.54) is 12.3 Å². The smallest absolute Gasteiger partial charge is 0.358 e. The first-order valence-electron chi connectivity index (χ1n) is 8.64. The van der Waals surface area contributed by atoms with Gasteiger partial charge in [0.15, 0.2) is 17.4 Å². The van der Waals surface area contributed by atoms with Crippen molar-refractivity contribution in [2.24, 2.45) is 0 Å². The van der Waals surface area contributed by atoms with Gasteiger partial charge < -0.3 is 25.0 Å². The fraction of sp³-hybridized carbons (Fsp3) is 0.333. The topological polar surface area (TPSA) is 110 Å². The maximum atomic E-state index is 12.0. The molecule has 10 heteroatoms. The molecule has 2 aromatic rings. The van der Waals surface area contributed by atoms with Crippen LogP contribution >= 0.6 is 11.3 Å². The molecule has 0 bridgehead atoms. The van der Waals surface area contributed by atoms with E-state index in [4.69, 9.17) is 9.47 Å². The Hall–Kier alpha value is -2.98. The van der Waals surface area contributed by atoms with Crippen LogP contribution in [0.3, 0.4) is 0 Å². The van der Waals surface area contributed by atoms with Crippen LogP contribution in [0, 0.1) is 0 Å². The van der Waals surface area contributed by atoms with Crippen molar-refractivity contribution in [1.82, 2.24) is 4.98 Å². The van der Waals surface area contributed by atoms with Crippen molar-refractivity contribution in [3.05, 3.63) is 35.3 Å². The lowest BCUT2D eigenvalue weighted by molar-refractivity contribution is -0.119. The summed E-state index contributed by atoms with van der Waals surface area (Å²) in [7, 11) is 0. The summed E-state index contributed by atoms with van der Waals surface area (Å²) in [5.74, 6) is -1.47. The average Bonchev–Trinajstić information content (AvgIpc) is 3.15. The van der Waals surface area contributed by atoms with Crippen LogP contribution in [-0.4, -0.2) is 55.7 Å². The number of esters is 1. The van der Waals surface area contributed by atoms with Crippen molar-refractivity contribution in [3.63, 3.8) is 0 Å². The predicted molar refractivity (Wildman–Crippen MR) is 105 cm³/mol. The third-order valence-electron chi connectivity index (χ3n) is 3.86. The summed E-state index contributed by atoms with van der Waals surface area (Å²) < 4.78 is 10.3. The summed E-state index contributed by atoms with van der Waals surface area (Å²) in [6.07, 6.45) is 0. The molecule has 0 unspecified atom stereocenters. The second-order valence-electron chi connectivity index (χ2n) is 5.99. The van der Waals surface area contributed by atoms with E-state index in [2.05, 4.69) is 20.5 Å². The lowest BCUT2D eigenvalue weighted by Crippen LogP contribution is -2.36. The zero-order valence-corrected chi connectivity index (χ0v) is 16.1. The van der Waals surface area contributed by atoms with E-state index in [1.54, 1.807) is 12.1 Å². The van der Waals surface area contributed by atoms with Crippen LogP contribution in [0.4, 0.5) is 16.5 Å². The third-order valence-corrected chi connectivity index (χ3v) is 4.62. The van der Waals surface area contributed by atoms with Crippen LogP contribution in [0.2, 0.25) is 0 Å². The molecule has 148 valence electrons. The van der Waals surface area contributed by atoms with E-state index in [1.807, 2.05) is 12.1 Å². The summed E-state index contributed by atoms with van der Waals surface area (Å²) in [5, 5.41) is 6.90. The molecule has 1 aromatic carbocycles. The molecule has 2 amide bonds. The monoisotopic (exact) mass is 404 g/mol. The molecule has 1 saturated heterocycles. The minimum Gasteiger partial charge on any atom is -0.451 e. The maximum absolute atomic E-state index is 12.0. The van der Waals surface area contributed by atoms with E-state index < -0.39 is 18.5 Å². The second kappa shape index (κ2) is 9.29. The van der Waals surface area contributed by atoms with Crippen LogP contribution in [0.25, 0.3) is 0 Å². The van der Waals surface area contributed by atoms with Gasteiger partial charge in [-0.1, -0.05) is 0 Å². The fourth-order valence-electron chi connectivity index (χ4n) is 2.55. The average molecular weight is 404 g/mol. The third kappa shape index (κ3) is 5.51. The van der Waals surface area contributed by atoms with Gasteiger partial charge in [0.2, 0.25) is 5.91 Å². The molecule has 1 aliphatic heterocycles.